The average molecular weight is 341 g/mol. The average Bonchev–Trinajstić information content (AvgIpc) is 2.57. The van der Waals surface area contributed by atoms with Crippen LogP contribution in [-0.4, -0.2) is 25.7 Å². The summed E-state index contributed by atoms with van der Waals surface area (Å²) in [6, 6.07) is 10.0. The highest BCUT2D eigenvalue weighted by Crippen LogP contribution is 2.23. The van der Waals surface area contributed by atoms with Crippen LogP contribution < -0.4 is 14.8 Å². The van der Waals surface area contributed by atoms with Gasteiger partial charge in [0.25, 0.3) is 5.91 Å². The standard InChI is InChI=1S/C21H27NO3/c1-14-11-16(3)18(5)20(12-14)25-13-21(23)22-9-10-24-19-8-6-7-15(2)17(19)4/h6-8,11-12H,9-10,13H2,1-5H3,(H,22,23). The van der Waals surface area contributed by atoms with Crippen LogP contribution in [0.2, 0.25) is 0 Å². The van der Waals surface area contributed by atoms with Crippen molar-refractivity contribution in [1.82, 2.24) is 5.32 Å². The van der Waals surface area contributed by atoms with E-state index in [0.717, 1.165) is 33.8 Å². The summed E-state index contributed by atoms with van der Waals surface area (Å²) in [5.41, 5.74) is 5.68. The van der Waals surface area contributed by atoms with Crippen LogP contribution in [0.5, 0.6) is 11.5 Å². The second-order valence-corrected chi connectivity index (χ2v) is 6.39. The fourth-order valence-electron chi connectivity index (χ4n) is 2.58. The summed E-state index contributed by atoms with van der Waals surface area (Å²) in [7, 11) is 0. The maximum absolute atomic E-state index is 11.9. The Bertz CT molecular complexity index is 753. The monoisotopic (exact) mass is 341 g/mol. The summed E-state index contributed by atoms with van der Waals surface area (Å²) in [5, 5.41) is 2.82. The number of amides is 1. The lowest BCUT2D eigenvalue weighted by Gasteiger charge is -2.13. The number of aryl methyl sites for hydroxylation is 3. The molecule has 4 heteroatoms. The molecule has 25 heavy (non-hydrogen) atoms. The maximum atomic E-state index is 11.9. The summed E-state index contributed by atoms with van der Waals surface area (Å²) in [5.74, 6) is 1.47. The third-order valence-corrected chi connectivity index (χ3v) is 4.36. The van der Waals surface area contributed by atoms with E-state index in [2.05, 4.69) is 24.4 Å². The van der Waals surface area contributed by atoms with Crippen molar-refractivity contribution in [3.8, 4) is 11.5 Å². The smallest absolute Gasteiger partial charge is 0.258 e. The van der Waals surface area contributed by atoms with Crippen LogP contribution in [0.1, 0.15) is 27.8 Å². The van der Waals surface area contributed by atoms with E-state index in [0.29, 0.717) is 13.2 Å². The van der Waals surface area contributed by atoms with Gasteiger partial charge in [0.15, 0.2) is 6.61 Å². The molecule has 2 aromatic carbocycles. The van der Waals surface area contributed by atoms with E-state index in [9.17, 15) is 4.79 Å². The Labute approximate surface area is 150 Å². The van der Waals surface area contributed by atoms with Crippen LogP contribution in [0.25, 0.3) is 0 Å². The molecular weight excluding hydrogens is 314 g/mol. The Balaban J connectivity index is 1.75. The molecule has 0 radical (unpaired) electrons. The molecule has 1 amide bonds. The van der Waals surface area contributed by atoms with Gasteiger partial charge in [-0.25, -0.2) is 0 Å². The van der Waals surface area contributed by atoms with E-state index < -0.39 is 0 Å². The highest BCUT2D eigenvalue weighted by atomic mass is 16.5. The molecule has 0 bridgehead atoms. The highest BCUT2D eigenvalue weighted by molar-refractivity contribution is 5.77. The molecule has 0 fully saturated rings. The Kier molecular flexibility index (Phi) is 6.45. The molecule has 0 saturated heterocycles. The zero-order valence-electron chi connectivity index (χ0n) is 15.7. The first-order chi connectivity index (χ1) is 11.9. The summed E-state index contributed by atoms with van der Waals surface area (Å²) in [4.78, 5) is 11.9. The topological polar surface area (TPSA) is 47.6 Å². The number of nitrogens with one attached hydrogen (secondary N) is 1. The fraction of sp³-hybridized carbons (Fsp3) is 0.381. The predicted molar refractivity (Wildman–Crippen MR) is 101 cm³/mol. The minimum Gasteiger partial charge on any atom is -0.491 e. The van der Waals surface area contributed by atoms with Gasteiger partial charge in [-0.2, -0.15) is 0 Å². The van der Waals surface area contributed by atoms with Gasteiger partial charge in [0.1, 0.15) is 18.1 Å². The fourth-order valence-corrected chi connectivity index (χ4v) is 2.58. The molecule has 0 saturated carbocycles. The first-order valence-corrected chi connectivity index (χ1v) is 8.55. The molecule has 2 aromatic rings. The Morgan fingerprint density at radius 2 is 1.64 bits per heavy atom. The third-order valence-electron chi connectivity index (χ3n) is 4.36. The van der Waals surface area contributed by atoms with Gasteiger partial charge >= 0.3 is 0 Å². The van der Waals surface area contributed by atoms with E-state index in [1.54, 1.807) is 0 Å². The molecule has 0 aliphatic heterocycles. The second-order valence-electron chi connectivity index (χ2n) is 6.39. The van der Waals surface area contributed by atoms with E-state index in [1.165, 1.54) is 5.56 Å². The number of benzene rings is 2. The lowest BCUT2D eigenvalue weighted by molar-refractivity contribution is -0.123. The summed E-state index contributed by atoms with van der Waals surface area (Å²) in [6.07, 6.45) is 0. The molecule has 0 atom stereocenters. The van der Waals surface area contributed by atoms with Crippen LogP contribution in [0.3, 0.4) is 0 Å². The van der Waals surface area contributed by atoms with E-state index in [-0.39, 0.29) is 12.5 Å². The maximum Gasteiger partial charge on any atom is 0.258 e. The number of rotatable bonds is 7. The summed E-state index contributed by atoms with van der Waals surface area (Å²) >= 11 is 0. The number of carbonyl (C=O) groups excluding carboxylic acids is 1. The minimum atomic E-state index is -0.150. The Hall–Kier alpha value is -2.49. The quantitative estimate of drug-likeness (QED) is 0.779. The zero-order chi connectivity index (χ0) is 18.4. The molecule has 4 nitrogen and oxygen atoms in total. The van der Waals surface area contributed by atoms with Crippen molar-refractivity contribution in [2.24, 2.45) is 0 Å². The Morgan fingerprint density at radius 3 is 2.40 bits per heavy atom. The van der Waals surface area contributed by atoms with Gasteiger partial charge in [-0.05, 0) is 74.6 Å². The number of ether oxygens (including phenoxy) is 2. The SMILES string of the molecule is Cc1cc(C)c(C)c(OCC(=O)NCCOc2cccc(C)c2C)c1. The molecular formula is C21H27NO3. The number of hydrogen-bond acceptors (Lipinski definition) is 3. The molecule has 0 spiro atoms. The molecule has 1 N–H and O–H groups in total. The van der Waals surface area contributed by atoms with Crippen molar-refractivity contribution in [2.45, 2.75) is 34.6 Å². The van der Waals surface area contributed by atoms with Crippen LogP contribution in [0.4, 0.5) is 0 Å². The molecule has 134 valence electrons. The molecule has 2 rings (SSSR count). The summed E-state index contributed by atoms with van der Waals surface area (Å²) < 4.78 is 11.4. The van der Waals surface area contributed by atoms with Gasteiger partial charge in [0.2, 0.25) is 0 Å². The van der Waals surface area contributed by atoms with Crippen LogP contribution in [0, 0.1) is 34.6 Å². The van der Waals surface area contributed by atoms with Gasteiger partial charge in [0, 0.05) is 0 Å². The third kappa shape index (κ3) is 5.24. The molecule has 0 unspecified atom stereocenters. The molecule has 0 heterocycles. The highest BCUT2D eigenvalue weighted by Gasteiger charge is 2.07. The first-order valence-electron chi connectivity index (χ1n) is 8.55. The van der Waals surface area contributed by atoms with Crippen molar-refractivity contribution in [1.29, 1.82) is 0 Å². The second kappa shape index (κ2) is 8.56. The van der Waals surface area contributed by atoms with Crippen LogP contribution >= 0.6 is 0 Å². The lowest BCUT2D eigenvalue weighted by Crippen LogP contribution is -2.32. The van der Waals surface area contributed by atoms with Gasteiger partial charge in [-0.1, -0.05) is 18.2 Å². The van der Waals surface area contributed by atoms with E-state index in [1.807, 2.05) is 45.9 Å². The van der Waals surface area contributed by atoms with Crippen LogP contribution in [-0.2, 0) is 4.79 Å². The largest absolute Gasteiger partial charge is 0.491 e. The van der Waals surface area contributed by atoms with Crippen molar-refractivity contribution >= 4 is 5.91 Å². The van der Waals surface area contributed by atoms with Gasteiger partial charge < -0.3 is 14.8 Å². The van der Waals surface area contributed by atoms with E-state index >= 15 is 0 Å². The Morgan fingerprint density at radius 1 is 0.920 bits per heavy atom. The normalized spacial score (nSPS) is 10.4. The molecule has 0 aromatic heterocycles. The van der Waals surface area contributed by atoms with Gasteiger partial charge in [0.05, 0.1) is 6.54 Å². The minimum absolute atomic E-state index is 0.00715. The van der Waals surface area contributed by atoms with Crippen molar-refractivity contribution < 1.29 is 14.3 Å². The van der Waals surface area contributed by atoms with Crippen molar-refractivity contribution in [3.63, 3.8) is 0 Å². The van der Waals surface area contributed by atoms with Crippen molar-refractivity contribution in [3.05, 3.63) is 58.1 Å². The number of carbonyl (C=O) groups is 1. The lowest BCUT2D eigenvalue weighted by atomic mass is 10.1. The zero-order valence-corrected chi connectivity index (χ0v) is 15.7. The molecule has 0 aliphatic carbocycles. The van der Waals surface area contributed by atoms with E-state index in [4.69, 9.17) is 9.47 Å². The molecule has 0 aliphatic rings. The number of hydrogen-bond donors (Lipinski definition) is 1. The van der Waals surface area contributed by atoms with Gasteiger partial charge in [-0.3, -0.25) is 4.79 Å². The van der Waals surface area contributed by atoms with Crippen molar-refractivity contribution in [2.75, 3.05) is 19.8 Å². The van der Waals surface area contributed by atoms with Crippen LogP contribution in [0.15, 0.2) is 30.3 Å². The first kappa shape index (κ1) is 18.8. The predicted octanol–water partition coefficient (Wildman–Crippen LogP) is 3.80. The summed E-state index contributed by atoms with van der Waals surface area (Å²) in [6.45, 7) is 11.0. The van der Waals surface area contributed by atoms with Gasteiger partial charge in [-0.15, -0.1) is 0 Å².